The minimum absolute atomic E-state index is 0.104. The molecule has 1 aliphatic carbocycles. The van der Waals surface area contributed by atoms with E-state index >= 15 is 0 Å². The van der Waals surface area contributed by atoms with Crippen LogP contribution in [0.2, 0.25) is 0 Å². The Morgan fingerprint density at radius 1 is 1.28 bits per heavy atom. The highest BCUT2D eigenvalue weighted by molar-refractivity contribution is 5.78. The Labute approximate surface area is 150 Å². The molecule has 1 unspecified atom stereocenters. The van der Waals surface area contributed by atoms with Crippen LogP contribution in [0.3, 0.4) is 0 Å². The molecule has 1 aliphatic rings. The molecule has 5 heteroatoms. The number of methoxy groups -OCH3 is 1. The summed E-state index contributed by atoms with van der Waals surface area (Å²) in [5, 5.41) is 0. The van der Waals surface area contributed by atoms with Gasteiger partial charge in [0.15, 0.2) is 0 Å². The number of carbonyl (C=O) groups excluding carboxylic acids is 2. The summed E-state index contributed by atoms with van der Waals surface area (Å²) in [6, 6.07) is 5.68. The van der Waals surface area contributed by atoms with Gasteiger partial charge in [0.25, 0.3) is 0 Å². The van der Waals surface area contributed by atoms with Gasteiger partial charge in [0.1, 0.15) is 0 Å². The van der Waals surface area contributed by atoms with Gasteiger partial charge in [0.05, 0.1) is 25.3 Å². The molecule has 0 bridgehead atoms. The number of nitrogens with zero attached hydrogens (tertiary/aromatic N) is 2. The third kappa shape index (κ3) is 6.48. The van der Waals surface area contributed by atoms with Crippen LogP contribution in [-0.2, 0) is 20.9 Å². The SMILES string of the molecule is COC(=O)C(C)CN(Cc1ccccn1)C(=O)CCC1CCCCC1. The highest BCUT2D eigenvalue weighted by Crippen LogP contribution is 2.27. The molecule has 1 aromatic heterocycles. The second-order valence-electron chi connectivity index (χ2n) is 7.06. The zero-order valence-corrected chi connectivity index (χ0v) is 15.4. The molecule has 0 radical (unpaired) electrons. The number of amides is 1. The van der Waals surface area contributed by atoms with E-state index in [9.17, 15) is 9.59 Å². The molecule has 0 N–H and O–H groups in total. The topological polar surface area (TPSA) is 59.5 Å². The smallest absolute Gasteiger partial charge is 0.310 e. The van der Waals surface area contributed by atoms with Gasteiger partial charge in [-0.1, -0.05) is 45.1 Å². The number of esters is 1. The molecule has 2 rings (SSSR count). The number of carbonyl (C=O) groups is 2. The quantitative estimate of drug-likeness (QED) is 0.675. The van der Waals surface area contributed by atoms with Gasteiger partial charge in [-0.25, -0.2) is 0 Å². The van der Waals surface area contributed by atoms with E-state index in [0.29, 0.717) is 25.4 Å². The molecular formula is C20H30N2O3. The first kappa shape index (κ1) is 19.4. The average Bonchev–Trinajstić information content (AvgIpc) is 2.66. The molecule has 5 nitrogen and oxygen atoms in total. The van der Waals surface area contributed by atoms with E-state index in [-0.39, 0.29) is 17.8 Å². The van der Waals surface area contributed by atoms with Crippen LogP contribution < -0.4 is 0 Å². The summed E-state index contributed by atoms with van der Waals surface area (Å²) in [6.07, 6.45) is 9.61. The number of aromatic nitrogens is 1. The van der Waals surface area contributed by atoms with Crippen molar-refractivity contribution in [2.75, 3.05) is 13.7 Å². The van der Waals surface area contributed by atoms with Gasteiger partial charge in [-0.15, -0.1) is 0 Å². The van der Waals surface area contributed by atoms with E-state index < -0.39 is 0 Å². The van der Waals surface area contributed by atoms with E-state index in [1.54, 1.807) is 18.0 Å². The van der Waals surface area contributed by atoms with E-state index in [1.807, 2.05) is 18.2 Å². The number of hydrogen-bond donors (Lipinski definition) is 0. The van der Waals surface area contributed by atoms with Gasteiger partial charge in [0.2, 0.25) is 5.91 Å². The van der Waals surface area contributed by atoms with Crippen LogP contribution in [0.25, 0.3) is 0 Å². The molecule has 1 aromatic rings. The zero-order valence-electron chi connectivity index (χ0n) is 15.4. The zero-order chi connectivity index (χ0) is 18.1. The highest BCUT2D eigenvalue weighted by atomic mass is 16.5. The number of pyridine rings is 1. The molecule has 0 aliphatic heterocycles. The van der Waals surface area contributed by atoms with E-state index in [4.69, 9.17) is 4.74 Å². The Balaban J connectivity index is 1.96. The van der Waals surface area contributed by atoms with Crippen LogP contribution in [0.4, 0.5) is 0 Å². The maximum atomic E-state index is 12.8. The summed E-state index contributed by atoms with van der Waals surface area (Å²) in [5.41, 5.74) is 0.839. The summed E-state index contributed by atoms with van der Waals surface area (Å²) < 4.78 is 4.81. The molecule has 1 fully saturated rings. The Morgan fingerprint density at radius 2 is 2.04 bits per heavy atom. The fraction of sp³-hybridized carbons (Fsp3) is 0.650. The standard InChI is InChI=1S/C20H30N2O3/c1-16(20(24)25-2)14-22(15-18-10-6-7-13-21-18)19(23)12-11-17-8-4-3-5-9-17/h6-7,10,13,16-17H,3-5,8-9,11-12,14-15H2,1-2H3. The summed E-state index contributed by atoms with van der Waals surface area (Å²) in [7, 11) is 1.38. The molecule has 0 aromatic carbocycles. The lowest BCUT2D eigenvalue weighted by atomic mass is 9.86. The Hall–Kier alpha value is -1.91. The molecule has 1 heterocycles. The third-order valence-corrected chi connectivity index (χ3v) is 5.02. The van der Waals surface area contributed by atoms with Crippen molar-refractivity contribution in [3.63, 3.8) is 0 Å². The second kappa shape index (κ2) is 10.2. The van der Waals surface area contributed by atoms with Crippen LogP contribution in [0, 0.1) is 11.8 Å². The van der Waals surface area contributed by atoms with Gasteiger partial charge in [-0.05, 0) is 24.5 Å². The van der Waals surface area contributed by atoms with Crippen molar-refractivity contribution in [3.05, 3.63) is 30.1 Å². The lowest BCUT2D eigenvalue weighted by Gasteiger charge is -2.26. The van der Waals surface area contributed by atoms with Crippen molar-refractivity contribution in [1.82, 2.24) is 9.88 Å². The van der Waals surface area contributed by atoms with Crippen LogP contribution in [0.15, 0.2) is 24.4 Å². The Bertz CT molecular complexity index is 541. The van der Waals surface area contributed by atoms with Crippen LogP contribution >= 0.6 is 0 Å². The van der Waals surface area contributed by atoms with Crippen LogP contribution in [0.5, 0.6) is 0 Å². The Kier molecular flexibility index (Phi) is 7.89. The average molecular weight is 346 g/mol. The fourth-order valence-corrected chi connectivity index (χ4v) is 3.51. The summed E-state index contributed by atoms with van der Waals surface area (Å²) in [6.45, 7) is 2.60. The van der Waals surface area contributed by atoms with Crippen LogP contribution in [0.1, 0.15) is 57.6 Å². The summed E-state index contributed by atoms with van der Waals surface area (Å²) in [4.78, 5) is 30.6. The van der Waals surface area contributed by atoms with Gasteiger partial charge >= 0.3 is 5.97 Å². The molecule has 1 saturated carbocycles. The van der Waals surface area contributed by atoms with Gasteiger partial charge in [-0.3, -0.25) is 14.6 Å². The fourth-order valence-electron chi connectivity index (χ4n) is 3.51. The molecule has 25 heavy (non-hydrogen) atoms. The monoisotopic (exact) mass is 346 g/mol. The number of rotatable bonds is 8. The molecule has 1 atom stereocenters. The van der Waals surface area contributed by atoms with Gasteiger partial charge in [0, 0.05) is 19.2 Å². The van der Waals surface area contributed by atoms with E-state index in [1.165, 1.54) is 39.2 Å². The largest absolute Gasteiger partial charge is 0.469 e. The van der Waals surface area contributed by atoms with Crippen molar-refractivity contribution >= 4 is 11.9 Å². The normalized spacial score (nSPS) is 16.2. The predicted octanol–water partition coefficient (Wildman–Crippen LogP) is 3.58. The Morgan fingerprint density at radius 3 is 2.68 bits per heavy atom. The lowest BCUT2D eigenvalue weighted by Crippen LogP contribution is -2.37. The first-order valence-electron chi connectivity index (χ1n) is 9.35. The lowest BCUT2D eigenvalue weighted by molar-refractivity contribution is -0.146. The van der Waals surface area contributed by atoms with E-state index in [0.717, 1.165) is 12.1 Å². The molecule has 1 amide bonds. The van der Waals surface area contributed by atoms with Gasteiger partial charge in [-0.2, -0.15) is 0 Å². The number of ether oxygens (including phenoxy) is 1. The number of hydrogen-bond acceptors (Lipinski definition) is 4. The maximum Gasteiger partial charge on any atom is 0.310 e. The molecular weight excluding hydrogens is 316 g/mol. The predicted molar refractivity (Wildman–Crippen MR) is 96.6 cm³/mol. The summed E-state index contributed by atoms with van der Waals surface area (Å²) in [5.74, 6) is 0.151. The van der Waals surface area contributed by atoms with Crippen LogP contribution in [-0.4, -0.2) is 35.4 Å². The van der Waals surface area contributed by atoms with Crippen molar-refractivity contribution in [3.8, 4) is 0 Å². The third-order valence-electron chi connectivity index (χ3n) is 5.02. The van der Waals surface area contributed by atoms with Gasteiger partial charge < -0.3 is 9.64 Å². The van der Waals surface area contributed by atoms with E-state index in [2.05, 4.69) is 4.98 Å². The molecule has 0 saturated heterocycles. The summed E-state index contributed by atoms with van der Waals surface area (Å²) >= 11 is 0. The second-order valence-corrected chi connectivity index (χ2v) is 7.06. The first-order valence-corrected chi connectivity index (χ1v) is 9.35. The van der Waals surface area contributed by atoms with Crippen molar-refractivity contribution in [2.45, 2.75) is 58.4 Å². The molecule has 0 spiro atoms. The molecule has 138 valence electrons. The van der Waals surface area contributed by atoms with Crippen molar-refractivity contribution < 1.29 is 14.3 Å². The highest BCUT2D eigenvalue weighted by Gasteiger charge is 2.23. The van der Waals surface area contributed by atoms with Crippen molar-refractivity contribution in [2.24, 2.45) is 11.8 Å². The minimum Gasteiger partial charge on any atom is -0.469 e. The van der Waals surface area contributed by atoms with Crippen molar-refractivity contribution in [1.29, 1.82) is 0 Å². The minimum atomic E-state index is -0.340. The first-order chi connectivity index (χ1) is 12.1. The maximum absolute atomic E-state index is 12.8.